The lowest BCUT2D eigenvalue weighted by molar-refractivity contribution is 0.0705. The van der Waals surface area contributed by atoms with E-state index in [9.17, 15) is 9.18 Å². The molecule has 104 valence electrons. The van der Waals surface area contributed by atoms with E-state index in [-0.39, 0.29) is 17.0 Å². The molecule has 0 spiro atoms. The highest BCUT2D eigenvalue weighted by molar-refractivity contribution is 9.09. The van der Waals surface area contributed by atoms with Gasteiger partial charge in [-0.15, -0.1) is 0 Å². The molecule has 1 aromatic rings. The van der Waals surface area contributed by atoms with Gasteiger partial charge in [-0.05, 0) is 31.0 Å². The van der Waals surface area contributed by atoms with Crippen LogP contribution >= 0.6 is 27.5 Å². The summed E-state index contributed by atoms with van der Waals surface area (Å²) in [6, 6.07) is 4.05. The highest BCUT2D eigenvalue weighted by Crippen LogP contribution is 2.29. The number of nitrogens with zero attached hydrogens (tertiary/aromatic N) is 1. The molecule has 1 fully saturated rings. The standard InChI is InChI=1S/C14H16BrClFNO/c1-18(13-5-3-2-4-11(13)15)14(19)10-7-6-9(17)8-12(10)16/h6-8,11,13H,2-5H2,1H3. The van der Waals surface area contributed by atoms with E-state index in [0.717, 1.165) is 19.3 Å². The zero-order chi connectivity index (χ0) is 14.0. The zero-order valence-corrected chi connectivity index (χ0v) is 13.0. The second-order valence-corrected chi connectivity index (χ2v) is 6.49. The minimum atomic E-state index is -0.430. The molecular weight excluding hydrogens is 333 g/mol. The van der Waals surface area contributed by atoms with Crippen LogP contribution in [0.2, 0.25) is 5.02 Å². The number of benzene rings is 1. The van der Waals surface area contributed by atoms with Crippen molar-refractivity contribution in [2.24, 2.45) is 0 Å². The smallest absolute Gasteiger partial charge is 0.255 e. The fraction of sp³-hybridized carbons (Fsp3) is 0.500. The summed E-state index contributed by atoms with van der Waals surface area (Å²) in [5.41, 5.74) is 0.357. The molecule has 1 amide bonds. The second kappa shape index (κ2) is 6.23. The maximum absolute atomic E-state index is 13.0. The van der Waals surface area contributed by atoms with Crippen molar-refractivity contribution in [1.82, 2.24) is 4.90 Å². The summed E-state index contributed by atoms with van der Waals surface area (Å²) < 4.78 is 13.0. The van der Waals surface area contributed by atoms with Crippen LogP contribution in [-0.2, 0) is 0 Å². The second-order valence-electron chi connectivity index (χ2n) is 4.91. The number of amides is 1. The molecule has 2 nitrogen and oxygen atoms in total. The van der Waals surface area contributed by atoms with Crippen molar-refractivity contribution in [2.75, 3.05) is 7.05 Å². The van der Waals surface area contributed by atoms with Gasteiger partial charge in [0, 0.05) is 17.9 Å². The van der Waals surface area contributed by atoms with Crippen LogP contribution in [0.15, 0.2) is 18.2 Å². The first-order chi connectivity index (χ1) is 9.00. The van der Waals surface area contributed by atoms with E-state index in [1.165, 1.54) is 24.6 Å². The van der Waals surface area contributed by atoms with Crippen molar-refractivity contribution in [2.45, 2.75) is 36.6 Å². The Labute approximate surface area is 126 Å². The monoisotopic (exact) mass is 347 g/mol. The largest absolute Gasteiger partial charge is 0.338 e. The van der Waals surface area contributed by atoms with Gasteiger partial charge in [0.05, 0.1) is 10.6 Å². The van der Waals surface area contributed by atoms with E-state index >= 15 is 0 Å². The topological polar surface area (TPSA) is 20.3 Å². The Hall–Kier alpha value is -0.610. The Kier molecular flexibility index (Phi) is 4.85. The number of rotatable bonds is 2. The van der Waals surface area contributed by atoms with Crippen LogP contribution in [0.5, 0.6) is 0 Å². The Morgan fingerprint density at radius 2 is 2.11 bits per heavy atom. The summed E-state index contributed by atoms with van der Waals surface area (Å²) in [5, 5.41) is 0.166. The van der Waals surface area contributed by atoms with Crippen molar-refractivity contribution in [3.8, 4) is 0 Å². The lowest BCUT2D eigenvalue weighted by Gasteiger charge is -2.35. The van der Waals surface area contributed by atoms with Crippen molar-refractivity contribution < 1.29 is 9.18 Å². The Bertz CT molecular complexity index is 483. The molecule has 2 atom stereocenters. The van der Waals surface area contributed by atoms with Gasteiger partial charge in [0.1, 0.15) is 5.82 Å². The quantitative estimate of drug-likeness (QED) is 0.731. The summed E-state index contributed by atoms with van der Waals surface area (Å²) in [7, 11) is 1.78. The lowest BCUT2D eigenvalue weighted by Crippen LogP contribution is -2.44. The minimum Gasteiger partial charge on any atom is -0.338 e. The highest BCUT2D eigenvalue weighted by atomic mass is 79.9. The molecule has 19 heavy (non-hydrogen) atoms. The predicted molar refractivity (Wildman–Crippen MR) is 78.5 cm³/mol. The molecule has 1 aliphatic rings. The van der Waals surface area contributed by atoms with Gasteiger partial charge in [-0.1, -0.05) is 40.4 Å². The molecule has 2 rings (SSSR count). The molecule has 2 unspecified atom stereocenters. The molecule has 0 N–H and O–H groups in total. The van der Waals surface area contributed by atoms with Crippen LogP contribution in [0.25, 0.3) is 0 Å². The molecule has 0 aliphatic heterocycles. The molecule has 1 aromatic carbocycles. The predicted octanol–water partition coefficient (Wildman–Crippen LogP) is 4.26. The van der Waals surface area contributed by atoms with Crippen LogP contribution in [0.4, 0.5) is 4.39 Å². The molecule has 1 aliphatic carbocycles. The molecule has 0 bridgehead atoms. The number of halogens is 3. The first kappa shape index (κ1) is 14.8. The molecule has 5 heteroatoms. The first-order valence-corrected chi connectivity index (χ1v) is 7.66. The summed E-state index contributed by atoms with van der Waals surface area (Å²) in [5.74, 6) is -0.582. The normalized spacial score (nSPS) is 23.2. The Morgan fingerprint density at radius 1 is 1.42 bits per heavy atom. The van der Waals surface area contributed by atoms with E-state index < -0.39 is 5.82 Å². The molecular formula is C14H16BrClFNO. The van der Waals surface area contributed by atoms with Crippen molar-refractivity contribution in [3.63, 3.8) is 0 Å². The fourth-order valence-corrected chi connectivity index (χ4v) is 3.70. The summed E-state index contributed by atoms with van der Waals surface area (Å²) in [6.45, 7) is 0. The third-order valence-electron chi connectivity index (χ3n) is 3.63. The number of carbonyl (C=O) groups is 1. The van der Waals surface area contributed by atoms with Crippen molar-refractivity contribution in [1.29, 1.82) is 0 Å². The molecule has 1 saturated carbocycles. The van der Waals surface area contributed by atoms with Gasteiger partial charge >= 0.3 is 0 Å². The average molecular weight is 349 g/mol. The molecule has 0 heterocycles. The summed E-state index contributed by atoms with van der Waals surface area (Å²) >= 11 is 9.58. The number of carbonyl (C=O) groups excluding carboxylic acids is 1. The zero-order valence-electron chi connectivity index (χ0n) is 10.7. The Balaban J connectivity index is 2.18. The molecule has 0 radical (unpaired) electrons. The minimum absolute atomic E-state index is 0.152. The number of hydrogen-bond donors (Lipinski definition) is 0. The van der Waals surface area contributed by atoms with Crippen LogP contribution in [0.1, 0.15) is 36.0 Å². The average Bonchev–Trinajstić information content (AvgIpc) is 2.38. The van der Waals surface area contributed by atoms with E-state index in [1.807, 2.05) is 0 Å². The van der Waals surface area contributed by atoms with E-state index in [4.69, 9.17) is 11.6 Å². The van der Waals surface area contributed by atoms with Gasteiger partial charge < -0.3 is 4.90 Å². The van der Waals surface area contributed by atoms with Crippen LogP contribution in [0, 0.1) is 5.82 Å². The SMILES string of the molecule is CN(C(=O)c1ccc(F)cc1Cl)C1CCCCC1Br. The van der Waals surface area contributed by atoms with Crippen molar-refractivity contribution in [3.05, 3.63) is 34.6 Å². The van der Waals surface area contributed by atoms with Crippen molar-refractivity contribution >= 4 is 33.4 Å². The lowest BCUT2D eigenvalue weighted by atomic mass is 9.94. The maximum Gasteiger partial charge on any atom is 0.255 e. The third kappa shape index (κ3) is 3.29. The highest BCUT2D eigenvalue weighted by Gasteiger charge is 2.30. The van der Waals surface area contributed by atoms with Gasteiger partial charge in [-0.25, -0.2) is 4.39 Å². The van der Waals surface area contributed by atoms with Gasteiger partial charge in [-0.2, -0.15) is 0 Å². The fourth-order valence-electron chi connectivity index (χ4n) is 2.51. The van der Waals surface area contributed by atoms with Gasteiger partial charge in [0.2, 0.25) is 0 Å². The first-order valence-electron chi connectivity index (χ1n) is 6.37. The van der Waals surface area contributed by atoms with Gasteiger partial charge in [0.25, 0.3) is 5.91 Å². The van der Waals surface area contributed by atoms with Crippen LogP contribution < -0.4 is 0 Å². The Morgan fingerprint density at radius 3 is 2.74 bits per heavy atom. The summed E-state index contributed by atoms with van der Waals surface area (Å²) in [6.07, 6.45) is 4.36. The molecule has 0 aromatic heterocycles. The summed E-state index contributed by atoms with van der Waals surface area (Å²) in [4.78, 5) is 14.5. The number of hydrogen-bond acceptors (Lipinski definition) is 1. The maximum atomic E-state index is 13.0. The van der Waals surface area contributed by atoms with E-state index in [2.05, 4.69) is 15.9 Å². The van der Waals surface area contributed by atoms with Gasteiger partial charge in [-0.3, -0.25) is 4.79 Å². The van der Waals surface area contributed by atoms with E-state index in [1.54, 1.807) is 11.9 Å². The van der Waals surface area contributed by atoms with Gasteiger partial charge in [0.15, 0.2) is 0 Å². The molecule has 0 saturated heterocycles. The number of alkyl halides is 1. The van der Waals surface area contributed by atoms with E-state index in [0.29, 0.717) is 10.4 Å². The van der Waals surface area contributed by atoms with Crippen LogP contribution in [-0.4, -0.2) is 28.7 Å². The third-order valence-corrected chi connectivity index (χ3v) is 5.01. The van der Waals surface area contributed by atoms with Crippen LogP contribution in [0.3, 0.4) is 0 Å².